The first kappa shape index (κ1) is 12.3. The summed E-state index contributed by atoms with van der Waals surface area (Å²) in [6, 6.07) is 5.33. The standard InChI is InChI=1S/C14H12N4O2S/c19-13(18-4-3-10-9(7-18)6-15-17-10)8-1-2-11-12(5-8)20-14(21)16-11/h1-2,5-6H,3-4,7H2,(H,15,17)(H,16,21). The average Bonchev–Trinajstić information content (AvgIpc) is 3.09. The Morgan fingerprint density at radius 2 is 2.33 bits per heavy atom. The summed E-state index contributed by atoms with van der Waals surface area (Å²) in [6.07, 6.45) is 2.58. The molecule has 1 aliphatic rings. The maximum Gasteiger partial charge on any atom is 0.266 e. The molecule has 0 aliphatic carbocycles. The van der Waals surface area contributed by atoms with Crippen molar-refractivity contribution in [1.29, 1.82) is 0 Å². The highest BCUT2D eigenvalue weighted by molar-refractivity contribution is 7.71. The second kappa shape index (κ2) is 4.56. The Labute approximate surface area is 124 Å². The molecule has 106 valence electrons. The predicted octanol–water partition coefficient (Wildman–Crippen LogP) is 2.41. The van der Waals surface area contributed by atoms with Crippen molar-refractivity contribution in [2.24, 2.45) is 0 Å². The van der Waals surface area contributed by atoms with Crippen molar-refractivity contribution >= 4 is 29.2 Å². The average molecular weight is 300 g/mol. The third-order valence-electron chi connectivity index (χ3n) is 3.76. The lowest BCUT2D eigenvalue weighted by atomic mass is 10.1. The Kier molecular flexibility index (Phi) is 2.68. The number of amides is 1. The number of carbonyl (C=O) groups excluding carboxylic acids is 1. The van der Waals surface area contributed by atoms with Gasteiger partial charge in [-0.25, -0.2) is 0 Å². The van der Waals surface area contributed by atoms with E-state index in [1.165, 1.54) is 0 Å². The van der Waals surface area contributed by atoms with Gasteiger partial charge in [-0.15, -0.1) is 0 Å². The summed E-state index contributed by atoms with van der Waals surface area (Å²) in [7, 11) is 0. The zero-order chi connectivity index (χ0) is 14.4. The Morgan fingerprint density at radius 3 is 3.24 bits per heavy atom. The fourth-order valence-corrected chi connectivity index (χ4v) is 2.86. The molecule has 4 rings (SSSR count). The quantitative estimate of drug-likeness (QED) is 0.677. The smallest absolute Gasteiger partial charge is 0.266 e. The number of aromatic amines is 2. The van der Waals surface area contributed by atoms with Gasteiger partial charge in [-0.1, -0.05) is 0 Å². The maximum absolute atomic E-state index is 12.6. The number of hydrogen-bond donors (Lipinski definition) is 2. The van der Waals surface area contributed by atoms with Gasteiger partial charge in [-0.05, 0) is 30.4 Å². The lowest BCUT2D eigenvalue weighted by molar-refractivity contribution is 0.0734. The Hall–Kier alpha value is -2.41. The van der Waals surface area contributed by atoms with Gasteiger partial charge in [0.1, 0.15) is 0 Å². The second-order valence-electron chi connectivity index (χ2n) is 5.08. The summed E-state index contributed by atoms with van der Waals surface area (Å²) < 4.78 is 5.36. The number of nitrogens with one attached hydrogen (secondary N) is 2. The number of nitrogens with zero attached hydrogens (tertiary/aromatic N) is 2. The number of rotatable bonds is 1. The van der Waals surface area contributed by atoms with Crippen LogP contribution in [0.1, 0.15) is 21.6 Å². The number of hydrogen-bond acceptors (Lipinski definition) is 4. The molecule has 0 radical (unpaired) electrons. The highest BCUT2D eigenvalue weighted by atomic mass is 32.1. The van der Waals surface area contributed by atoms with E-state index in [-0.39, 0.29) is 5.91 Å². The predicted molar refractivity (Wildman–Crippen MR) is 78.4 cm³/mol. The normalized spacial score (nSPS) is 14.4. The molecule has 7 heteroatoms. The van der Waals surface area contributed by atoms with E-state index in [1.54, 1.807) is 18.3 Å². The van der Waals surface area contributed by atoms with Crippen molar-refractivity contribution < 1.29 is 9.21 Å². The summed E-state index contributed by atoms with van der Waals surface area (Å²) in [5.74, 6) is -0.00827. The van der Waals surface area contributed by atoms with Crippen molar-refractivity contribution in [2.75, 3.05) is 6.54 Å². The van der Waals surface area contributed by atoms with Gasteiger partial charge in [0.2, 0.25) is 0 Å². The Bertz CT molecular complexity index is 892. The van der Waals surface area contributed by atoms with E-state index in [1.807, 2.05) is 11.0 Å². The van der Waals surface area contributed by atoms with Crippen molar-refractivity contribution in [3.8, 4) is 0 Å². The fourth-order valence-electron chi connectivity index (χ4n) is 2.66. The first-order chi connectivity index (χ1) is 10.2. The molecular formula is C14H12N4O2S. The molecule has 1 amide bonds. The van der Waals surface area contributed by atoms with Crippen LogP contribution in [-0.4, -0.2) is 32.5 Å². The summed E-state index contributed by atoms with van der Waals surface area (Å²) in [6.45, 7) is 1.27. The lowest BCUT2D eigenvalue weighted by Crippen LogP contribution is -2.35. The molecule has 0 atom stereocenters. The summed E-state index contributed by atoms with van der Waals surface area (Å²) in [5, 5.41) is 6.99. The SMILES string of the molecule is O=C(c1ccc2[nH]c(=S)oc2c1)N1CCc2[nH]ncc2C1. The minimum absolute atomic E-state index is 0.00827. The van der Waals surface area contributed by atoms with E-state index in [0.29, 0.717) is 29.1 Å². The van der Waals surface area contributed by atoms with Gasteiger partial charge in [0.05, 0.1) is 11.7 Å². The van der Waals surface area contributed by atoms with Crippen LogP contribution in [0.2, 0.25) is 0 Å². The summed E-state index contributed by atoms with van der Waals surface area (Å²) >= 11 is 4.95. The molecule has 3 heterocycles. The molecule has 0 saturated carbocycles. The highest BCUT2D eigenvalue weighted by Gasteiger charge is 2.23. The molecular weight excluding hydrogens is 288 g/mol. The second-order valence-corrected chi connectivity index (χ2v) is 5.45. The van der Waals surface area contributed by atoms with Crippen LogP contribution in [0, 0.1) is 4.84 Å². The first-order valence-electron chi connectivity index (χ1n) is 6.64. The molecule has 6 nitrogen and oxygen atoms in total. The molecule has 0 spiro atoms. The monoisotopic (exact) mass is 300 g/mol. The molecule has 1 aromatic carbocycles. The third-order valence-corrected chi connectivity index (χ3v) is 3.94. The zero-order valence-corrected chi connectivity index (χ0v) is 11.9. The van der Waals surface area contributed by atoms with Crippen molar-refractivity contribution in [1.82, 2.24) is 20.1 Å². The largest absolute Gasteiger partial charge is 0.429 e. The molecule has 0 saturated heterocycles. The maximum atomic E-state index is 12.6. The van der Waals surface area contributed by atoms with Crippen LogP contribution < -0.4 is 0 Å². The number of oxazole rings is 1. The zero-order valence-electron chi connectivity index (χ0n) is 11.0. The van der Waals surface area contributed by atoms with Crippen LogP contribution in [0.5, 0.6) is 0 Å². The Balaban J connectivity index is 1.65. The van der Waals surface area contributed by atoms with Crippen LogP contribution in [-0.2, 0) is 13.0 Å². The topological polar surface area (TPSA) is 77.9 Å². The van der Waals surface area contributed by atoms with Crippen molar-refractivity contribution in [2.45, 2.75) is 13.0 Å². The van der Waals surface area contributed by atoms with Crippen LogP contribution in [0.3, 0.4) is 0 Å². The fraction of sp³-hybridized carbons (Fsp3) is 0.214. The first-order valence-corrected chi connectivity index (χ1v) is 7.05. The van der Waals surface area contributed by atoms with Gasteiger partial charge in [0.15, 0.2) is 5.58 Å². The summed E-state index contributed by atoms with van der Waals surface area (Å²) in [5.41, 5.74) is 4.20. The molecule has 1 aliphatic heterocycles. The molecule has 0 fully saturated rings. The Morgan fingerprint density at radius 1 is 1.43 bits per heavy atom. The minimum atomic E-state index is -0.00827. The lowest BCUT2D eigenvalue weighted by Gasteiger charge is -2.26. The van der Waals surface area contributed by atoms with E-state index in [9.17, 15) is 4.79 Å². The van der Waals surface area contributed by atoms with Gasteiger partial charge >= 0.3 is 0 Å². The van der Waals surface area contributed by atoms with Gasteiger partial charge in [-0.2, -0.15) is 5.10 Å². The molecule has 0 unspecified atom stereocenters. The van der Waals surface area contributed by atoms with Gasteiger partial charge < -0.3 is 14.3 Å². The number of H-pyrrole nitrogens is 2. The van der Waals surface area contributed by atoms with Gasteiger partial charge in [0, 0.05) is 36.3 Å². The van der Waals surface area contributed by atoms with E-state index in [4.69, 9.17) is 16.6 Å². The van der Waals surface area contributed by atoms with E-state index in [2.05, 4.69) is 15.2 Å². The molecule has 2 N–H and O–H groups in total. The molecule has 2 aromatic heterocycles. The molecule has 0 bridgehead atoms. The van der Waals surface area contributed by atoms with Crippen LogP contribution >= 0.6 is 12.2 Å². The number of benzene rings is 1. The molecule has 3 aromatic rings. The van der Waals surface area contributed by atoms with Crippen LogP contribution in [0.25, 0.3) is 11.1 Å². The van der Waals surface area contributed by atoms with Crippen LogP contribution in [0.4, 0.5) is 0 Å². The number of carbonyl (C=O) groups is 1. The van der Waals surface area contributed by atoms with Gasteiger partial charge in [0.25, 0.3) is 10.7 Å². The van der Waals surface area contributed by atoms with Gasteiger partial charge in [-0.3, -0.25) is 9.89 Å². The molecule has 21 heavy (non-hydrogen) atoms. The van der Waals surface area contributed by atoms with Crippen LogP contribution in [0.15, 0.2) is 28.8 Å². The highest BCUT2D eigenvalue weighted by Crippen LogP contribution is 2.21. The number of aromatic nitrogens is 3. The van der Waals surface area contributed by atoms with Crippen molar-refractivity contribution in [3.63, 3.8) is 0 Å². The number of fused-ring (bicyclic) bond motifs is 2. The van der Waals surface area contributed by atoms with E-state index < -0.39 is 0 Å². The van der Waals surface area contributed by atoms with E-state index >= 15 is 0 Å². The summed E-state index contributed by atoms with van der Waals surface area (Å²) in [4.78, 5) is 17.7. The minimum Gasteiger partial charge on any atom is -0.429 e. The van der Waals surface area contributed by atoms with E-state index in [0.717, 1.165) is 23.2 Å². The third kappa shape index (κ3) is 2.06. The van der Waals surface area contributed by atoms with Crippen molar-refractivity contribution in [3.05, 3.63) is 46.1 Å².